The Morgan fingerprint density at radius 3 is 2.32 bits per heavy atom. The second-order valence-corrected chi connectivity index (χ2v) is 5.28. The van der Waals surface area contributed by atoms with E-state index in [9.17, 15) is 0 Å². The molecular weight excluding hydrogens is 281 g/mol. The first-order chi connectivity index (χ1) is 9.01. The highest BCUT2D eigenvalue weighted by atomic mass is 35.5. The van der Waals surface area contributed by atoms with E-state index in [0.717, 1.165) is 35.5 Å². The van der Waals surface area contributed by atoms with Crippen molar-refractivity contribution in [2.75, 3.05) is 5.73 Å². The van der Waals surface area contributed by atoms with E-state index in [1.165, 1.54) is 0 Å². The van der Waals surface area contributed by atoms with E-state index in [1.54, 1.807) is 6.07 Å². The second-order valence-electron chi connectivity index (χ2n) is 4.41. The van der Waals surface area contributed by atoms with E-state index in [2.05, 4.69) is 16.9 Å². The quantitative estimate of drug-likeness (QED) is 0.919. The van der Waals surface area contributed by atoms with Crippen molar-refractivity contribution < 1.29 is 0 Å². The summed E-state index contributed by atoms with van der Waals surface area (Å²) in [5.41, 5.74) is 8.45. The van der Waals surface area contributed by atoms with Crippen molar-refractivity contribution in [2.24, 2.45) is 0 Å². The molecule has 2 N–H and O–H groups in total. The number of rotatable bonds is 3. The first-order valence-corrected chi connectivity index (χ1v) is 6.86. The fourth-order valence-electron chi connectivity index (χ4n) is 1.89. The normalized spacial score (nSPS) is 10.7. The van der Waals surface area contributed by atoms with Gasteiger partial charge in [-0.25, -0.2) is 9.97 Å². The molecule has 0 unspecified atom stereocenters. The van der Waals surface area contributed by atoms with Gasteiger partial charge < -0.3 is 5.73 Å². The predicted octanol–water partition coefficient (Wildman–Crippen LogP) is 4.29. The standard InChI is InChI=1S/C14H15Cl2N3/c1-3-4-12-18-13(8(2)14(17)19-12)9-5-10(15)7-11(16)6-9/h5-7H,3-4H2,1-2H3,(H2,17,18,19). The summed E-state index contributed by atoms with van der Waals surface area (Å²) >= 11 is 12.1. The van der Waals surface area contributed by atoms with E-state index in [1.807, 2.05) is 19.1 Å². The highest BCUT2D eigenvalue weighted by Crippen LogP contribution is 2.29. The summed E-state index contributed by atoms with van der Waals surface area (Å²) in [6, 6.07) is 5.36. The lowest BCUT2D eigenvalue weighted by Gasteiger charge is -2.10. The average molecular weight is 296 g/mol. The molecule has 0 aliphatic carbocycles. The molecule has 2 rings (SSSR count). The largest absolute Gasteiger partial charge is 0.383 e. The summed E-state index contributed by atoms with van der Waals surface area (Å²) in [5, 5.41) is 1.16. The molecule has 0 spiro atoms. The van der Waals surface area contributed by atoms with Crippen LogP contribution in [0.4, 0.5) is 5.82 Å². The Labute approximate surface area is 122 Å². The minimum atomic E-state index is 0.504. The Hall–Kier alpha value is -1.32. The average Bonchev–Trinajstić information content (AvgIpc) is 2.32. The van der Waals surface area contributed by atoms with Crippen LogP contribution >= 0.6 is 23.2 Å². The van der Waals surface area contributed by atoms with Crippen molar-refractivity contribution in [1.29, 1.82) is 0 Å². The molecular formula is C14H15Cl2N3. The Balaban J connectivity index is 2.59. The molecule has 1 heterocycles. The number of nitrogen functional groups attached to an aromatic ring is 1. The zero-order valence-corrected chi connectivity index (χ0v) is 12.4. The second kappa shape index (κ2) is 5.76. The summed E-state index contributed by atoms with van der Waals surface area (Å²) in [4.78, 5) is 8.86. The van der Waals surface area contributed by atoms with Crippen LogP contribution in [0.25, 0.3) is 11.3 Å². The minimum Gasteiger partial charge on any atom is -0.383 e. The smallest absolute Gasteiger partial charge is 0.131 e. The van der Waals surface area contributed by atoms with Crippen LogP contribution in [0.1, 0.15) is 24.7 Å². The predicted molar refractivity (Wildman–Crippen MR) is 80.6 cm³/mol. The van der Waals surface area contributed by atoms with Crippen LogP contribution in [0.2, 0.25) is 10.0 Å². The first kappa shape index (κ1) is 14.1. The molecule has 0 fully saturated rings. The van der Waals surface area contributed by atoms with Crippen LogP contribution in [0, 0.1) is 6.92 Å². The number of anilines is 1. The molecule has 100 valence electrons. The van der Waals surface area contributed by atoms with Gasteiger partial charge >= 0.3 is 0 Å². The number of benzene rings is 1. The molecule has 1 aromatic carbocycles. The van der Waals surface area contributed by atoms with Gasteiger partial charge in [-0.05, 0) is 31.5 Å². The molecule has 0 aliphatic heterocycles. The van der Waals surface area contributed by atoms with Crippen molar-refractivity contribution in [3.8, 4) is 11.3 Å². The molecule has 0 amide bonds. The van der Waals surface area contributed by atoms with Crippen LogP contribution in [0.3, 0.4) is 0 Å². The maximum atomic E-state index is 6.03. The van der Waals surface area contributed by atoms with E-state index < -0.39 is 0 Å². The third-order valence-electron chi connectivity index (χ3n) is 2.84. The molecule has 1 aromatic heterocycles. The van der Waals surface area contributed by atoms with Gasteiger partial charge in [-0.3, -0.25) is 0 Å². The van der Waals surface area contributed by atoms with Crippen molar-refractivity contribution in [3.63, 3.8) is 0 Å². The van der Waals surface area contributed by atoms with Gasteiger partial charge in [0, 0.05) is 27.6 Å². The molecule has 2 aromatic rings. The van der Waals surface area contributed by atoms with Crippen molar-refractivity contribution in [1.82, 2.24) is 9.97 Å². The SMILES string of the molecule is CCCc1nc(N)c(C)c(-c2cc(Cl)cc(Cl)c2)n1. The van der Waals surface area contributed by atoms with E-state index in [-0.39, 0.29) is 0 Å². The minimum absolute atomic E-state index is 0.504. The molecule has 3 nitrogen and oxygen atoms in total. The lowest BCUT2D eigenvalue weighted by atomic mass is 10.1. The van der Waals surface area contributed by atoms with Crippen LogP contribution in [0.15, 0.2) is 18.2 Å². The fraction of sp³-hybridized carbons (Fsp3) is 0.286. The lowest BCUT2D eigenvalue weighted by molar-refractivity contribution is 0.836. The zero-order chi connectivity index (χ0) is 14.0. The van der Waals surface area contributed by atoms with E-state index >= 15 is 0 Å². The number of halogens is 2. The summed E-state index contributed by atoms with van der Waals surface area (Å²) in [6.07, 6.45) is 1.77. The van der Waals surface area contributed by atoms with Crippen LogP contribution < -0.4 is 5.73 Å². The summed E-state index contributed by atoms with van der Waals surface area (Å²) in [5.74, 6) is 1.25. The molecule has 5 heteroatoms. The number of nitrogens with two attached hydrogens (primary N) is 1. The fourth-order valence-corrected chi connectivity index (χ4v) is 2.42. The number of aryl methyl sites for hydroxylation is 1. The van der Waals surface area contributed by atoms with Gasteiger partial charge in [-0.2, -0.15) is 0 Å². The highest BCUT2D eigenvalue weighted by Gasteiger charge is 2.11. The van der Waals surface area contributed by atoms with Gasteiger partial charge in [0.15, 0.2) is 0 Å². The monoisotopic (exact) mass is 295 g/mol. The molecule has 0 saturated carbocycles. The Kier molecular flexibility index (Phi) is 4.27. The van der Waals surface area contributed by atoms with Gasteiger partial charge in [0.05, 0.1) is 5.69 Å². The Morgan fingerprint density at radius 2 is 1.74 bits per heavy atom. The van der Waals surface area contributed by atoms with Crippen molar-refractivity contribution in [2.45, 2.75) is 26.7 Å². The third kappa shape index (κ3) is 3.17. The number of nitrogens with zero attached hydrogens (tertiary/aromatic N) is 2. The first-order valence-electron chi connectivity index (χ1n) is 6.10. The van der Waals surface area contributed by atoms with Crippen molar-refractivity contribution in [3.05, 3.63) is 39.6 Å². The van der Waals surface area contributed by atoms with Crippen LogP contribution in [0.5, 0.6) is 0 Å². The summed E-state index contributed by atoms with van der Waals surface area (Å²) < 4.78 is 0. The molecule has 0 radical (unpaired) electrons. The maximum absolute atomic E-state index is 6.03. The molecule has 0 aliphatic rings. The number of aromatic nitrogens is 2. The molecule has 19 heavy (non-hydrogen) atoms. The number of hydrogen-bond acceptors (Lipinski definition) is 3. The van der Waals surface area contributed by atoms with Crippen LogP contribution in [-0.2, 0) is 6.42 Å². The van der Waals surface area contributed by atoms with Crippen molar-refractivity contribution >= 4 is 29.0 Å². The summed E-state index contributed by atoms with van der Waals surface area (Å²) in [7, 11) is 0. The lowest BCUT2D eigenvalue weighted by Crippen LogP contribution is -2.04. The zero-order valence-electron chi connectivity index (χ0n) is 10.9. The topological polar surface area (TPSA) is 51.8 Å². The molecule has 0 saturated heterocycles. The maximum Gasteiger partial charge on any atom is 0.131 e. The third-order valence-corrected chi connectivity index (χ3v) is 3.28. The summed E-state index contributed by atoms with van der Waals surface area (Å²) in [6.45, 7) is 3.98. The van der Waals surface area contributed by atoms with E-state index in [0.29, 0.717) is 15.9 Å². The van der Waals surface area contributed by atoms with Gasteiger partial charge in [-0.15, -0.1) is 0 Å². The van der Waals surface area contributed by atoms with Gasteiger partial charge in [0.1, 0.15) is 11.6 Å². The van der Waals surface area contributed by atoms with Gasteiger partial charge in [0.25, 0.3) is 0 Å². The Bertz CT molecular complexity index is 592. The Morgan fingerprint density at radius 1 is 1.11 bits per heavy atom. The van der Waals surface area contributed by atoms with Gasteiger partial charge in [-0.1, -0.05) is 30.1 Å². The molecule has 0 bridgehead atoms. The molecule has 0 atom stereocenters. The van der Waals surface area contributed by atoms with Gasteiger partial charge in [0.2, 0.25) is 0 Å². The van der Waals surface area contributed by atoms with E-state index in [4.69, 9.17) is 28.9 Å². The van der Waals surface area contributed by atoms with Crippen LogP contribution in [-0.4, -0.2) is 9.97 Å². The highest BCUT2D eigenvalue weighted by molar-refractivity contribution is 6.35. The number of hydrogen-bond donors (Lipinski definition) is 1.